The Morgan fingerprint density at radius 1 is 1.16 bits per heavy atom. The molecule has 1 saturated carbocycles. The number of aliphatic hydroxyl groups is 1. The minimum Gasteiger partial charge on any atom is -0.393 e. The molecule has 0 radical (unpaired) electrons. The maximum atomic E-state index is 9.31. The number of fused-ring (bicyclic) bond motifs is 2. The van der Waals surface area contributed by atoms with E-state index < -0.39 is 0 Å². The number of rotatable bonds is 6. The van der Waals surface area contributed by atoms with Crippen LogP contribution < -0.4 is 5.32 Å². The molecular weight excluding hydrogens is 236 g/mol. The molecule has 1 heterocycles. The van der Waals surface area contributed by atoms with Gasteiger partial charge in [-0.25, -0.2) is 0 Å². The summed E-state index contributed by atoms with van der Waals surface area (Å²) in [6.07, 6.45) is 6.09. The Labute approximate surface area is 118 Å². The Morgan fingerprint density at radius 3 is 2.32 bits per heavy atom. The van der Waals surface area contributed by atoms with Crippen molar-refractivity contribution in [3.05, 3.63) is 0 Å². The van der Waals surface area contributed by atoms with Gasteiger partial charge >= 0.3 is 0 Å². The van der Waals surface area contributed by atoms with Gasteiger partial charge in [0, 0.05) is 25.2 Å². The number of nitrogens with one attached hydrogen (secondary N) is 1. The molecule has 2 rings (SSSR count). The Kier molecular flexibility index (Phi) is 5.67. The number of nitrogens with zero attached hydrogens (tertiary/aromatic N) is 1. The normalized spacial score (nSPS) is 33.6. The zero-order chi connectivity index (χ0) is 13.8. The summed E-state index contributed by atoms with van der Waals surface area (Å²) < 4.78 is 0. The SMILES string of the molecule is CC(O)CCCNC1C2CCCC1CN(C(C)C)C2. The number of hydrogen-bond donors (Lipinski definition) is 2. The largest absolute Gasteiger partial charge is 0.393 e. The predicted molar refractivity (Wildman–Crippen MR) is 80.2 cm³/mol. The molecule has 3 atom stereocenters. The van der Waals surface area contributed by atoms with E-state index in [1.54, 1.807) is 0 Å². The van der Waals surface area contributed by atoms with Crippen molar-refractivity contribution < 1.29 is 5.11 Å². The topological polar surface area (TPSA) is 35.5 Å². The minimum absolute atomic E-state index is 0.149. The summed E-state index contributed by atoms with van der Waals surface area (Å²) in [4.78, 5) is 2.67. The van der Waals surface area contributed by atoms with E-state index in [9.17, 15) is 5.11 Å². The summed E-state index contributed by atoms with van der Waals surface area (Å²) in [5, 5.41) is 13.1. The van der Waals surface area contributed by atoms with Crippen LogP contribution in [0.15, 0.2) is 0 Å². The van der Waals surface area contributed by atoms with Gasteiger partial charge in [0.05, 0.1) is 6.10 Å². The third-order valence-corrected chi connectivity index (χ3v) is 5.01. The second kappa shape index (κ2) is 7.05. The van der Waals surface area contributed by atoms with E-state index in [-0.39, 0.29) is 6.10 Å². The van der Waals surface area contributed by atoms with Crippen LogP contribution in [0.4, 0.5) is 0 Å². The highest BCUT2D eigenvalue weighted by Crippen LogP contribution is 2.35. The lowest BCUT2D eigenvalue weighted by molar-refractivity contribution is 0.0293. The van der Waals surface area contributed by atoms with E-state index in [4.69, 9.17) is 0 Å². The first-order valence-electron chi connectivity index (χ1n) is 8.23. The van der Waals surface area contributed by atoms with Gasteiger partial charge in [0.15, 0.2) is 0 Å². The molecule has 3 unspecified atom stereocenters. The van der Waals surface area contributed by atoms with Crippen molar-refractivity contribution in [3.8, 4) is 0 Å². The molecule has 1 saturated heterocycles. The van der Waals surface area contributed by atoms with Crippen molar-refractivity contribution in [2.24, 2.45) is 11.8 Å². The predicted octanol–water partition coefficient (Wildman–Crippen LogP) is 2.25. The molecule has 0 aromatic rings. The fraction of sp³-hybridized carbons (Fsp3) is 1.00. The lowest BCUT2D eigenvalue weighted by Gasteiger charge is -2.49. The van der Waals surface area contributed by atoms with E-state index in [1.165, 1.54) is 32.4 Å². The fourth-order valence-electron chi connectivity index (χ4n) is 3.89. The minimum atomic E-state index is -0.149. The molecule has 1 aliphatic heterocycles. The first-order valence-corrected chi connectivity index (χ1v) is 8.23. The highest BCUT2D eigenvalue weighted by Gasteiger charge is 2.39. The highest BCUT2D eigenvalue weighted by atomic mass is 16.3. The van der Waals surface area contributed by atoms with Gasteiger partial charge in [0.1, 0.15) is 0 Å². The highest BCUT2D eigenvalue weighted by molar-refractivity contribution is 4.95. The van der Waals surface area contributed by atoms with Gasteiger partial charge in [0.2, 0.25) is 0 Å². The van der Waals surface area contributed by atoms with Crippen LogP contribution in [0.5, 0.6) is 0 Å². The van der Waals surface area contributed by atoms with E-state index in [0.29, 0.717) is 6.04 Å². The number of hydrogen-bond acceptors (Lipinski definition) is 3. The van der Waals surface area contributed by atoms with Crippen LogP contribution >= 0.6 is 0 Å². The van der Waals surface area contributed by atoms with Gasteiger partial charge in [0.25, 0.3) is 0 Å². The molecule has 112 valence electrons. The van der Waals surface area contributed by atoms with Gasteiger partial charge < -0.3 is 15.3 Å². The van der Waals surface area contributed by atoms with Crippen molar-refractivity contribution in [3.63, 3.8) is 0 Å². The van der Waals surface area contributed by atoms with Gasteiger partial charge in [-0.1, -0.05) is 6.42 Å². The maximum absolute atomic E-state index is 9.31. The first-order chi connectivity index (χ1) is 9.08. The van der Waals surface area contributed by atoms with Crippen molar-refractivity contribution in [1.82, 2.24) is 10.2 Å². The van der Waals surface area contributed by atoms with Crippen LogP contribution in [-0.2, 0) is 0 Å². The molecule has 2 N–H and O–H groups in total. The van der Waals surface area contributed by atoms with Gasteiger partial charge in [-0.15, -0.1) is 0 Å². The Morgan fingerprint density at radius 2 is 1.79 bits per heavy atom. The molecule has 2 fully saturated rings. The number of likely N-dealkylation sites (tertiary alicyclic amines) is 1. The Hall–Kier alpha value is -0.120. The van der Waals surface area contributed by atoms with Crippen LogP contribution in [0.1, 0.15) is 52.9 Å². The number of aliphatic hydroxyl groups excluding tert-OH is 1. The van der Waals surface area contributed by atoms with Crippen LogP contribution in [0.25, 0.3) is 0 Å². The molecule has 19 heavy (non-hydrogen) atoms. The zero-order valence-corrected chi connectivity index (χ0v) is 12.9. The van der Waals surface area contributed by atoms with E-state index >= 15 is 0 Å². The van der Waals surface area contributed by atoms with Crippen LogP contribution in [0.3, 0.4) is 0 Å². The Bertz CT molecular complexity index is 253. The lowest BCUT2D eigenvalue weighted by atomic mass is 9.73. The van der Waals surface area contributed by atoms with Crippen LogP contribution in [0, 0.1) is 11.8 Å². The van der Waals surface area contributed by atoms with Gasteiger partial charge in [-0.3, -0.25) is 0 Å². The first kappa shape index (κ1) is 15.3. The van der Waals surface area contributed by atoms with E-state index in [1.807, 2.05) is 6.92 Å². The third kappa shape index (κ3) is 4.17. The van der Waals surface area contributed by atoms with Crippen LogP contribution in [0.2, 0.25) is 0 Å². The third-order valence-electron chi connectivity index (χ3n) is 5.01. The van der Waals surface area contributed by atoms with Crippen molar-refractivity contribution >= 4 is 0 Å². The molecule has 0 amide bonds. The fourth-order valence-corrected chi connectivity index (χ4v) is 3.89. The lowest BCUT2D eigenvalue weighted by Crippen LogP contribution is -2.58. The Balaban J connectivity index is 1.81. The average molecular weight is 268 g/mol. The monoisotopic (exact) mass is 268 g/mol. The quantitative estimate of drug-likeness (QED) is 0.725. The summed E-state index contributed by atoms with van der Waals surface area (Å²) in [6.45, 7) is 10.2. The van der Waals surface area contributed by atoms with Gasteiger partial charge in [-0.2, -0.15) is 0 Å². The van der Waals surface area contributed by atoms with E-state index in [2.05, 4.69) is 24.1 Å². The van der Waals surface area contributed by atoms with Crippen molar-refractivity contribution in [1.29, 1.82) is 0 Å². The van der Waals surface area contributed by atoms with E-state index in [0.717, 1.165) is 37.3 Å². The smallest absolute Gasteiger partial charge is 0.0512 e. The summed E-state index contributed by atoms with van der Waals surface area (Å²) >= 11 is 0. The molecule has 3 nitrogen and oxygen atoms in total. The standard InChI is InChI=1S/C16H32N2O/c1-12(2)18-10-14-7-4-8-15(11-18)16(14)17-9-5-6-13(3)19/h12-17,19H,4-11H2,1-3H3. The van der Waals surface area contributed by atoms with Crippen LogP contribution in [-0.4, -0.2) is 47.8 Å². The molecule has 3 heteroatoms. The molecular formula is C16H32N2O. The van der Waals surface area contributed by atoms with Gasteiger partial charge in [-0.05, 0) is 64.8 Å². The molecule has 2 aliphatic rings. The van der Waals surface area contributed by atoms with Crippen molar-refractivity contribution in [2.45, 2.75) is 71.1 Å². The summed E-state index contributed by atoms with van der Waals surface area (Å²) in [5.41, 5.74) is 0. The second-order valence-electron chi connectivity index (χ2n) is 6.97. The zero-order valence-electron chi connectivity index (χ0n) is 12.9. The second-order valence-corrected chi connectivity index (χ2v) is 6.97. The molecule has 0 spiro atoms. The molecule has 2 bridgehead atoms. The summed E-state index contributed by atoms with van der Waals surface area (Å²) in [7, 11) is 0. The number of piperidine rings is 1. The molecule has 0 aromatic carbocycles. The summed E-state index contributed by atoms with van der Waals surface area (Å²) in [6, 6.07) is 1.43. The average Bonchev–Trinajstić information content (AvgIpc) is 2.33. The maximum Gasteiger partial charge on any atom is 0.0512 e. The molecule has 1 aliphatic carbocycles. The van der Waals surface area contributed by atoms with Crippen molar-refractivity contribution in [2.75, 3.05) is 19.6 Å². The molecule has 0 aromatic heterocycles. The summed E-state index contributed by atoms with van der Waals surface area (Å²) in [5.74, 6) is 1.70.